The number of hydrogen-bond acceptors (Lipinski definition) is 1. The van der Waals surface area contributed by atoms with Crippen LogP contribution < -0.4 is 0 Å². The lowest BCUT2D eigenvalue weighted by atomic mass is 10.3. The smallest absolute Gasteiger partial charge is 0.271 e. The molecule has 0 unspecified atom stereocenters. The van der Waals surface area contributed by atoms with Gasteiger partial charge in [-0.3, -0.25) is 4.79 Å². The standard InChI is InChI=1S/C12H15ClN2O/c1-4-6-15(7-5-2)12(16)11-8-10(13)9-14(11)3/h1,8-9H,5-7H2,2-3H3. The van der Waals surface area contributed by atoms with Crippen LogP contribution in [-0.2, 0) is 7.05 Å². The molecule has 0 radical (unpaired) electrons. The predicted octanol–water partition coefficient (Wildman–Crippen LogP) is 2.16. The summed E-state index contributed by atoms with van der Waals surface area (Å²) in [6.45, 7) is 3.00. The van der Waals surface area contributed by atoms with Crippen molar-refractivity contribution in [2.24, 2.45) is 7.05 Å². The summed E-state index contributed by atoms with van der Waals surface area (Å²) in [5.74, 6) is 2.42. The molecule has 0 atom stereocenters. The van der Waals surface area contributed by atoms with E-state index in [4.69, 9.17) is 18.0 Å². The number of carbonyl (C=O) groups excluding carboxylic acids is 1. The predicted molar refractivity (Wildman–Crippen MR) is 65.5 cm³/mol. The Morgan fingerprint density at radius 1 is 1.69 bits per heavy atom. The lowest BCUT2D eigenvalue weighted by Gasteiger charge is -2.19. The van der Waals surface area contributed by atoms with Crippen LogP contribution in [0, 0.1) is 12.3 Å². The van der Waals surface area contributed by atoms with E-state index >= 15 is 0 Å². The van der Waals surface area contributed by atoms with Crippen LogP contribution in [0.4, 0.5) is 0 Å². The first-order valence-corrected chi connectivity index (χ1v) is 5.52. The second-order valence-electron chi connectivity index (χ2n) is 3.59. The Balaban J connectivity index is 2.90. The fourth-order valence-electron chi connectivity index (χ4n) is 1.53. The molecule has 3 nitrogen and oxygen atoms in total. The second kappa shape index (κ2) is 5.62. The highest BCUT2D eigenvalue weighted by Crippen LogP contribution is 2.14. The largest absolute Gasteiger partial charge is 0.345 e. The number of hydrogen-bond donors (Lipinski definition) is 0. The topological polar surface area (TPSA) is 25.2 Å². The Labute approximate surface area is 101 Å². The third kappa shape index (κ3) is 2.80. The number of aromatic nitrogens is 1. The molecule has 16 heavy (non-hydrogen) atoms. The maximum absolute atomic E-state index is 12.1. The molecule has 1 amide bonds. The zero-order valence-corrected chi connectivity index (χ0v) is 10.3. The number of rotatable bonds is 4. The molecule has 1 rings (SSSR count). The number of nitrogens with zero attached hydrogens (tertiary/aromatic N) is 2. The van der Waals surface area contributed by atoms with Crippen molar-refractivity contribution in [3.05, 3.63) is 23.0 Å². The Hall–Kier alpha value is -1.40. The van der Waals surface area contributed by atoms with Crippen molar-refractivity contribution in [2.75, 3.05) is 13.1 Å². The van der Waals surface area contributed by atoms with Gasteiger partial charge in [-0.05, 0) is 12.5 Å². The second-order valence-corrected chi connectivity index (χ2v) is 4.02. The van der Waals surface area contributed by atoms with Gasteiger partial charge >= 0.3 is 0 Å². The van der Waals surface area contributed by atoms with Gasteiger partial charge in [0, 0.05) is 19.8 Å². The summed E-state index contributed by atoms with van der Waals surface area (Å²) in [7, 11) is 1.79. The van der Waals surface area contributed by atoms with Crippen LogP contribution in [0.15, 0.2) is 12.3 Å². The number of amides is 1. The van der Waals surface area contributed by atoms with Gasteiger partial charge in [-0.25, -0.2) is 0 Å². The summed E-state index contributed by atoms with van der Waals surface area (Å²) >= 11 is 5.84. The minimum Gasteiger partial charge on any atom is -0.345 e. The molecular formula is C12H15ClN2O. The summed E-state index contributed by atoms with van der Waals surface area (Å²) in [5.41, 5.74) is 0.564. The zero-order valence-electron chi connectivity index (χ0n) is 9.53. The molecule has 0 N–H and O–H groups in total. The molecule has 0 aromatic carbocycles. The van der Waals surface area contributed by atoms with Gasteiger partial charge < -0.3 is 9.47 Å². The van der Waals surface area contributed by atoms with Gasteiger partial charge in [-0.2, -0.15) is 0 Å². The molecule has 1 aromatic heterocycles. The van der Waals surface area contributed by atoms with Gasteiger partial charge in [0.1, 0.15) is 5.69 Å². The molecule has 0 bridgehead atoms. The fraction of sp³-hybridized carbons (Fsp3) is 0.417. The van der Waals surface area contributed by atoms with Crippen molar-refractivity contribution in [3.8, 4) is 12.3 Å². The molecule has 0 saturated heterocycles. The van der Waals surface area contributed by atoms with E-state index in [2.05, 4.69) is 5.92 Å². The molecule has 0 aliphatic rings. The van der Waals surface area contributed by atoms with E-state index in [0.717, 1.165) is 6.42 Å². The number of halogens is 1. The molecule has 4 heteroatoms. The summed E-state index contributed by atoms with van der Waals surface area (Å²) in [5, 5.41) is 0.558. The Bertz CT molecular complexity index is 417. The molecule has 1 heterocycles. The third-order valence-electron chi connectivity index (χ3n) is 2.25. The van der Waals surface area contributed by atoms with Gasteiger partial charge in [-0.15, -0.1) is 6.42 Å². The SMILES string of the molecule is C#CCN(CCC)C(=O)c1cc(Cl)cn1C. The monoisotopic (exact) mass is 238 g/mol. The van der Waals surface area contributed by atoms with E-state index in [9.17, 15) is 4.79 Å². The Morgan fingerprint density at radius 3 is 2.81 bits per heavy atom. The van der Waals surface area contributed by atoms with Crippen molar-refractivity contribution in [2.45, 2.75) is 13.3 Å². The summed E-state index contributed by atoms with van der Waals surface area (Å²) in [6, 6.07) is 1.66. The van der Waals surface area contributed by atoms with Crippen molar-refractivity contribution in [3.63, 3.8) is 0 Å². The molecule has 1 aromatic rings. The molecule has 86 valence electrons. The normalized spacial score (nSPS) is 9.88. The summed E-state index contributed by atoms with van der Waals surface area (Å²) in [6.07, 6.45) is 7.83. The van der Waals surface area contributed by atoms with E-state index < -0.39 is 0 Å². The van der Waals surface area contributed by atoms with Crippen molar-refractivity contribution in [1.82, 2.24) is 9.47 Å². The number of terminal acetylenes is 1. The Kier molecular flexibility index (Phi) is 4.45. The van der Waals surface area contributed by atoms with Gasteiger partial charge in [0.05, 0.1) is 11.6 Å². The number of aryl methyl sites for hydroxylation is 1. The van der Waals surface area contributed by atoms with Gasteiger partial charge in [0.2, 0.25) is 0 Å². The molecular weight excluding hydrogens is 224 g/mol. The fourth-order valence-corrected chi connectivity index (χ4v) is 1.78. The lowest BCUT2D eigenvalue weighted by molar-refractivity contribution is 0.0767. The molecule has 0 aliphatic carbocycles. The van der Waals surface area contributed by atoms with E-state index in [0.29, 0.717) is 23.8 Å². The van der Waals surface area contributed by atoms with Crippen molar-refractivity contribution >= 4 is 17.5 Å². The molecule has 0 saturated carbocycles. The van der Waals surface area contributed by atoms with Crippen LogP contribution in [0.1, 0.15) is 23.8 Å². The lowest BCUT2D eigenvalue weighted by Crippen LogP contribution is -2.33. The van der Waals surface area contributed by atoms with Crippen LogP contribution in [0.25, 0.3) is 0 Å². The molecule has 0 fully saturated rings. The first-order valence-electron chi connectivity index (χ1n) is 5.14. The molecule has 0 spiro atoms. The van der Waals surface area contributed by atoms with Crippen molar-refractivity contribution in [1.29, 1.82) is 0 Å². The van der Waals surface area contributed by atoms with E-state index in [1.54, 1.807) is 28.8 Å². The van der Waals surface area contributed by atoms with Gasteiger partial charge in [0.25, 0.3) is 5.91 Å². The maximum Gasteiger partial charge on any atom is 0.271 e. The highest BCUT2D eigenvalue weighted by molar-refractivity contribution is 6.31. The van der Waals surface area contributed by atoms with Gasteiger partial charge in [0.15, 0.2) is 0 Å². The average molecular weight is 239 g/mol. The Morgan fingerprint density at radius 2 is 2.38 bits per heavy atom. The van der Waals surface area contributed by atoms with Crippen molar-refractivity contribution < 1.29 is 4.79 Å². The highest BCUT2D eigenvalue weighted by atomic mass is 35.5. The summed E-state index contributed by atoms with van der Waals surface area (Å²) < 4.78 is 1.71. The minimum atomic E-state index is -0.0748. The first-order chi connectivity index (χ1) is 7.60. The van der Waals surface area contributed by atoms with E-state index in [1.165, 1.54) is 0 Å². The van der Waals surface area contributed by atoms with Crippen LogP contribution >= 0.6 is 11.6 Å². The zero-order chi connectivity index (χ0) is 12.1. The molecule has 0 aliphatic heterocycles. The van der Waals surface area contributed by atoms with E-state index in [-0.39, 0.29) is 5.91 Å². The van der Waals surface area contributed by atoms with Gasteiger partial charge in [-0.1, -0.05) is 24.4 Å². The first kappa shape index (κ1) is 12.7. The van der Waals surface area contributed by atoms with Crippen LogP contribution in [-0.4, -0.2) is 28.5 Å². The van der Waals surface area contributed by atoms with E-state index in [1.807, 2.05) is 6.92 Å². The van der Waals surface area contributed by atoms with Crippen LogP contribution in [0.2, 0.25) is 5.02 Å². The van der Waals surface area contributed by atoms with Crippen LogP contribution in [0.5, 0.6) is 0 Å². The quantitative estimate of drug-likeness (QED) is 0.738. The third-order valence-corrected chi connectivity index (χ3v) is 2.46. The highest BCUT2D eigenvalue weighted by Gasteiger charge is 2.17. The van der Waals surface area contributed by atoms with Crippen LogP contribution in [0.3, 0.4) is 0 Å². The summed E-state index contributed by atoms with van der Waals surface area (Å²) in [4.78, 5) is 13.8. The minimum absolute atomic E-state index is 0.0748. The average Bonchev–Trinajstić information content (AvgIpc) is 2.56. The maximum atomic E-state index is 12.1. The number of carbonyl (C=O) groups is 1.